The Morgan fingerprint density at radius 3 is 2.48 bits per heavy atom. The zero-order valence-electron chi connectivity index (χ0n) is 12.6. The predicted molar refractivity (Wildman–Crippen MR) is 81.7 cm³/mol. The Balaban J connectivity index is 1.57. The standard InChI is InChI=1S/C17H24N2O2/c1-18(11-13-5-3-2-4-6-13)17(21)12-19-14-7-8-15(19)10-16(20)9-14/h2-6,14-16,20H,7-12H2,1H3. The van der Waals surface area contributed by atoms with E-state index < -0.39 is 0 Å². The number of piperidine rings is 1. The first-order chi connectivity index (χ1) is 10.1. The van der Waals surface area contributed by atoms with E-state index in [1.807, 2.05) is 37.4 Å². The van der Waals surface area contributed by atoms with Crippen LogP contribution >= 0.6 is 0 Å². The van der Waals surface area contributed by atoms with Gasteiger partial charge in [0.05, 0.1) is 12.6 Å². The maximum atomic E-state index is 12.4. The second kappa shape index (κ2) is 6.16. The Bertz CT molecular complexity index is 477. The summed E-state index contributed by atoms with van der Waals surface area (Å²) in [7, 11) is 1.87. The molecule has 2 fully saturated rings. The van der Waals surface area contributed by atoms with Gasteiger partial charge in [-0.05, 0) is 31.2 Å². The number of benzene rings is 1. The van der Waals surface area contributed by atoms with Gasteiger partial charge in [-0.3, -0.25) is 9.69 Å². The quantitative estimate of drug-likeness (QED) is 0.916. The monoisotopic (exact) mass is 288 g/mol. The number of hydrogen-bond donors (Lipinski definition) is 1. The normalized spacial score (nSPS) is 28.6. The molecule has 2 atom stereocenters. The third-order valence-electron chi connectivity index (χ3n) is 4.87. The number of amides is 1. The first kappa shape index (κ1) is 14.5. The number of nitrogens with zero attached hydrogens (tertiary/aromatic N) is 2. The molecule has 2 unspecified atom stereocenters. The number of hydrogen-bond acceptors (Lipinski definition) is 3. The third kappa shape index (κ3) is 3.27. The van der Waals surface area contributed by atoms with Crippen LogP contribution in [0.15, 0.2) is 30.3 Å². The average Bonchev–Trinajstić information content (AvgIpc) is 2.71. The van der Waals surface area contributed by atoms with E-state index >= 15 is 0 Å². The zero-order valence-corrected chi connectivity index (χ0v) is 12.6. The van der Waals surface area contributed by atoms with Crippen molar-refractivity contribution in [3.8, 4) is 0 Å². The minimum absolute atomic E-state index is 0.170. The van der Waals surface area contributed by atoms with Gasteiger partial charge in [0.1, 0.15) is 0 Å². The second-order valence-electron chi connectivity index (χ2n) is 6.42. The van der Waals surface area contributed by atoms with Crippen molar-refractivity contribution in [1.82, 2.24) is 9.80 Å². The van der Waals surface area contributed by atoms with E-state index in [1.165, 1.54) is 0 Å². The highest BCUT2D eigenvalue weighted by atomic mass is 16.3. The average molecular weight is 288 g/mol. The molecule has 0 spiro atoms. The van der Waals surface area contributed by atoms with Gasteiger partial charge in [-0.1, -0.05) is 30.3 Å². The number of fused-ring (bicyclic) bond motifs is 2. The van der Waals surface area contributed by atoms with Crippen molar-refractivity contribution in [3.05, 3.63) is 35.9 Å². The van der Waals surface area contributed by atoms with Gasteiger partial charge in [-0.15, -0.1) is 0 Å². The molecule has 0 aliphatic carbocycles. The van der Waals surface area contributed by atoms with E-state index in [-0.39, 0.29) is 12.0 Å². The molecule has 1 aromatic rings. The molecule has 4 nitrogen and oxygen atoms in total. The third-order valence-corrected chi connectivity index (χ3v) is 4.87. The van der Waals surface area contributed by atoms with Crippen molar-refractivity contribution < 1.29 is 9.90 Å². The number of carbonyl (C=O) groups excluding carboxylic acids is 1. The molecule has 1 amide bonds. The Morgan fingerprint density at radius 1 is 1.24 bits per heavy atom. The molecule has 2 aliphatic heterocycles. The molecular weight excluding hydrogens is 264 g/mol. The Labute approximate surface area is 126 Å². The largest absolute Gasteiger partial charge is 0.393 e. The summed E-state index contributed by atoms with van der Waals surface area (Å²) in [6.07, 6.45) is 3.73. The molecular formula is C17H24N2O2. The van der Waals surface area contributed by atoms with Gasteiger partial charge in [0, 0.05) is 25.7 Å². The molecule has 2 bridgehead atoms. The van der Waals surface area contributed by atoms with Crippen LogP contribution in [0.25, 0.3) is 0 Å². The van der Waals surface area contributed by atoms with E-state index in [4.69, 9.17) is 0 Å². The van der Waals surface area contributed by atoms with E-state index in [9.17, 15) is 9.90 Å². The van der Waals surface area contributed by atoms with E-state index in [1.54, 1.807) is 4.90 Å². The predicted octanol–water partition coefficient (Wildman–Crippen LogP) is 1.63. The highest BCUT2D eigenvalue weighted by molar-refractivity contribution is 5.78. The summed E-state index contributed by atoms with van der Waals surface area (Å²) in [5, 5.41) is 9.82. The van der Waals surface area contributed by atoms with Crippen LogP contribution in [0.3, 0.4) is 0 Å². The number of aliphatic hydroxyl groups is 1. The molecule has 21 heavy (non-hydrogen) atoms. The molecule has 114 valence electrons. The zero-order chi connectivity index (χ0) is 14.8. The SMILES string of the molecule is CN(Cc1ccccc1)C(=O)CN1C2CCC1CC(O)C2. The summed E-state index contributed by atoms with van der Waals surface area (Å²) < 4.78 is 0. The number of carbonyl (C=O) groups is 1. The van der Waals surface area contributed by atoms with Crippen molar-refractivity contribution in [3.63, 3.8) is 0 Å². The van der Waals surface area contributed by atoms with Crippen molar-refractivity contribution >= 4 is 5.91 Å². The minimum atomic E-state index is -0.170. The van der Waals surface area contributed by atoms with Crippen LogP contribution in [0, 0.1) is 0 Å². The first-order valence-corrected chi connectivity index (χ1v) is 7.85. The molecule has 0 saturated carbocycles. The van der Waals surface area contributed by atoms with Crippen LogP contribution in [0.2, 0.25) is 0 Å². The lowest BCUT2D eigenvalue weighted by Gasteiger charge is -2.37. The van der Waals surface area contributed by atoms with Gasteiger partial charge >= 0.3 is 0 Å². The van der Waals surface area contributed by atoms with Crippen molar-refractivity contribution in [1.29, 1.82) is 0 Å². The Hall–Kier alpha value is -1.39. The van der Waals surface area contributed by atoms with Crippen LogP contribution in [-0.2, 0) is 11.3 Å². The maximum Gasteiger partial charge on any atom is 0.236 e. The molecule has 4 heteroatoms. The maximum absolute atomic E-state index is 12.4. The van der Waals surface area contributed by atoms with E-state index in [0.29, 0.717) is 25.2 Å². The van der Waals surface area contributed by atoms with Crippen molar-refractivity contribution in [2.45, 2.75) is 50.4 Å². The molecule has 2 heterocycles. The van der Waals surface area contributed by atoms with Gasteiger partial charge < -0.3 is 10.0 Å². The fourth-order valence-electron chi connectivity index (χ4n) is 3.73. The van der Waals surface area contributed by atoms with Gasteiger partial charge in [0.15, 0.2) is 0 Å². The molecule has 2 aliphatic rings. The lowest BCUT2D eigenvalue weighted by Crippen LogP contribution is -2.49. The molecule has 3 rings (SSSR count). The van der Waals surface area contributed by atoms with E-state index in [0.717, 1.165) is 31.2 Å². The highest BCUT2D eigenvalue weighted by Gasteiger charge is 2.40. The molecule has 1 aromatic carbocycles. The lowest BCUT2D eigenvalue weighted by atomic mass is 10.00. The fourth-order valence-corrected chi connectivity index (χ4v) is 3.73. The number of likely N-dealkylation sites (N-methyl/N-ethyl adjacent to an activating group) is 1. The summed E-state index contributed by atoms with van der Waals surface area (Å²) in [6.45, 7) is 1.15. The lowest BCUT2D eigenvalue weighted by molar-refractivity contribution is -0.133. The topological polar surface area (TPSA) is 43.8 Å². The molecule has 0 aromatic heterocycles. The van der Waals surface area contributed by atoms with Crippen LogP contribution in [0.5, 0.6) is 0 Å². The first-order valence-electron chi connectivity index (χ1n) is 7.85. The van der Waals surface area contributed by atoms with E-state index in [2.05, 4.69) is 4.90 Å². The Kier molecular flexibility index (Phi) is 4.27. The van der Waals surface area contributed by atoms with Crippen LogP contribution in [0.1, 0.15) is 31.2 Å². The number of rotatable bonds is 4. The fraction of sp³-hybridized carbons (Fsp3) is 0.588. The summed E-state index contributed by atoms with van der Waals surface area (Å²) in [6, 6.07) is 10.9. The number of aliphatic hydroxyl groups excluding tert-OH is 1. The summed E-state index contributed by atoms with van der Waals surface area (Å²) in [4.78, 5) is 16.6. The summed E-state index contributed by atoms with van der Waals surface area (Å²) >= 11 is 0. The summed E-state index contributed by atoms with van der Waals surface area (Å²) in [5.41, 5.74) is 1.16. The van der Waals surface area contributed by atoms with Gasteiger partial charge in [-0.2, -0.15) is 0 Å². The minimum Gasteiger partial charge on any atom is -0.393 e. The molecule has 2 saturated heterocycles. The smallest absolute Gasteiger partial charge is 0.236 e. The highest BCUT2D eigenvalue weighted by Crippen LogP contribution is 2.35. The van der Waals surface area contributed by atoms with Gasteiger partial charge in [-0.25, -0.2) is 0 Å². The second-order valence-corrected chi connectivity index (χ2v) is 6.42. The van der Waals surface area contributed by atoms with Gasteiger partial charge in [0.25, 0.3) is 0 Å². The summed E-state index contributed by atoms with van der Waals surface area (Å²) in [5.74, 6) is 0.173. The molecule has 1 N–H and O–H groups in total. The van der Waals surface area contributed by atoms with Crippen LogP contribution < -0.4 is 0 Å². The van der Waals surface area contributed by atoms with Crippen molar-refractivity contribution in [2.24, 2.45) is 0 Å². The van der Waals surface area contributed by atoms with Crippen molar-refractivity contribution in [2.75, 3.05) is 13.6 Å². The molecule has 0 radical (unpaired) electrons. The van der Waals surface area contributed by atoms with Gasteiger partial charge in [0.2, 0.25) is 5.91 Å². The Morgan fingerprint density at radius 2 is 1.86 bits per heavy atom. The van der Waals surface area contributed by atoms with Crippen LogP contribution in [-0.4, -0.2) is 52.6 Å². The van der Waals surface area contributed by atoms with Crippen LogP contribution in [0.4, 0.5) is 0 Å².